The largest absolute Gasteiger partial charge is 0.308 e. The quantitative estimate of drug-likeness (QED) is 0.925. The molecule has 1 N–H and O–H groups in total. The lowest BCUT2D eigenvalue weighted by Crippen LogP contribution is -2.64. The minimum absolute atomic E-state index is 0.325. The molecular formula is C16H27N3S. The van der Waals surface area contributed by atoms with Gasteiger partial charge in [0.1, 0.15) is 0 Å². The molecule has 20 heavy (non-hydrogen) atoms. The summed E-state index contributed by atoms with van der Waals surface area (Å²) in [7, 11) is 0. The molecule has 3 rings (SSSR count). The van der Waals surface area contributed by atoms with E-state index < -0.39 is 0 Å². The zero-order valence-electron chi connectivity index (χ0n) is 13.1. The Labute approximate surface area is 126 Å². The smallest absolute Gasteiger partial charge is 0.0897 e. The standard InChI is InChI=1S/C16H27N3S/c1-11(2)15-8-18-16(4,13-5-6-13)10-19(15)9-14-7-17-12(3)20-14/h7,11,13,15,18H,5-6,8-10H2,1-4H3. The number of thiazole rings is 1. The maximum Gasteiger partial charge on any atom is 0.0897 e. The normalized spacial score (nSPS) is 31.9. The average Bonchev–Trinajstić information content (AvgIpc) is 3.15. The Balaban J connectivity index is 1.74. The summed E-state index contributed by atoms with van der Waals surface area (Å²) in [4.78, 5) is 8.52. The zero-order chi connectivity index (χ0) is 14.3. The van der Waals surface area contributed by atoms with Crippen molar-refractivity contribution in [2.75, 3.05) is 13.1 Å². The van der Waals surface area contributed by atoms with Gasteiger partial charge in [-0.3, -0.25) is 4.90 Å². The monoisotopic (exact) mass is 293 g/mol. The number of piperazine rings is 1. The van der Waals surface area contributed by atoms with Crippen LogP contribution in [-0.4, -0.2) is 34.6 Å². The summed E-state index contributed by atoms with van der Waals surface area (Å²) in [5, 5.41) is 5.04. The van der Waals surface area contributed by atoms with E-state index in [0.29, 0.717) is 17.5 Å². The molecule has 2 unspecified atom stereocenters. The lowest BCUT2D eigenvalue weighted by Gasteiger charge is -2.48. The van der Waals surface area contributed by atoms with Crippen LogP contribution in [0, 0.1) is 18.8 Å². The molecule has 1 aromatic heterocycles. The average molecular weight is 293 g/mol. The maximum absolute atomic E-state index is 4.41. The van der Waals surface area contributed by atoms with Crippen LogP contribution >= 0.6 is 11.3 Å². The predicted molar refractivity (Wildman–Crippen MR) is 85.0 cm³/mol. The molecule has 0 radical (unpaired) electrons. The fourth-order valence-electron chi connectivity index (χ4n) is 3.56. The molecule has 0 bridgehead atoms. The summed E-state index contributed by atoms with van der Waals surface area (Å²) in [6.07, 6.45) is 4.88. The van der Waals surface area contributed by atoms with E-state index >= 15 is 0 Å². The van der Waals surface area contributed by atoms with Crippen molar-refractivity contribution in [3.8, 4) is 0 Å². The molecule has 2 heterocycles. The Bertz CT molecular complexity index is 466. The molecule has 1 aliphatic carbocycles. The van der Waals surface area contributed by atoms with Gasteiger partial charge in [-0.2, -0.15) is 0 Å². The molecule has 1 saturated heterocycles. The fraction of sp³-hybridized carbons (Fsp3) is 0.812. The summed E-state index contributed by atoms with van der Waals surface area (Å²) in [6.45, 7) is 12.6. The molecule has 1 saturated carbocycles. The third kappa shape index (κ3) is 2.92. The Morgan fingerprint density at radius 3 is 2.80 bits per heavy atom. The van der Waals surface area contributed by atoms with Gasteiger partial charge in [0.05, 0.1) is 5.01 Å². The van der Waals surface area contributed by atoms with Gasteiger partial charge in [0.25, 0.3) is 0 Å². The van der Waals surface area contributed by atoms with Gasteiger partial charge >= 0.3 is 0 Å². The second-order valence-corrected chi connectivity index (χ2v) is 8.45. The predicted octanol–water partition coefficient (Wildman–Crippen LogP) is 3.05. The SMILES string of the molecule is Cc1ncc(CN2CC(C)(C3CC3)NCC2C(C)C)s1. The van der Waals surface area contributed by atoms with Crippen LogP contribution in [0.1, 0.15) is 43.5 Å². The number of aromatic nitrogens is 1. The van der Waals surface area contributed by atoms with Crippen molar-refractivity contribution in [3.63, 3.8) is 0 Å². The molecule has 112 valence electrons. The van der Waals surface area contributed by atoms with Crippen LogP contribution in [-0.2, 0) is 6.54 Å². The van der Waals surface area contributed by atoms with Gasteiger partial charge in [0.15, 0.2) is 0 Å². The van der Waals surface area contributed by atoms with E-state index in [1.165, 1.54) is 29.3 Å². The lowest BCUT2D eigenvalue weighted by atomic mass is 9.88. The van der Waals surface area contributed by atoms with Crippen LogP contribution in [0.25, 0.3) is 0 Å². The second-order valence-electron chi connectivity index (χ2n) is 7.13. The minimum Gasteiger partial charge on any atom is -0.308 e. The van der Waals surface area contributed by atoms with Crippen LogP contribution in [0.5, 0.6) is 0 Å². The van der Waals surface area contributed by atoms with Crippen LogP contribution in [0.2, 0.25) is 0 Å². The van der Waals surface area contributed by atoms with E-state index in [4.69, 9.17) is 0 Å². The lowest BCUT2D eigenvalue weighted by molar-refractivity contribution is 0.0470. The zero-order valence-corrected chi connectivity index (χ0v) is 14.0. The second kappa shape index (κ2) is 5.39. The Morgan fingerprint density at radius 1 is 1.50 bits per heavy atom. The molecule has 1 aromatic rings. The summed E-state index contributed by atoms with van der Waals surface area (Å²) in [6, 6.07) is 0.643. The highest BCUT2D eigenvalue weighted by molar-refractivity contribution is 7.11. The molecule has 0 amide bonds. The number of nitrogens with zero attached hydrogens (tertiary/aromatic N) is 2. The van der Waals surface area contributed by atoms with Crippen LogP contribution in [0.4, 0.5) is 0 Å². The highest BCUT2D eigenvalue weighted by Crippen LogP contribution is 2.42. The molecular weight excluding hydrogens is 266 g/mol. The molecule has 2 aliphatic rings. The first-order chi connectivity index (χ1) is 9.48. The first kappa shape index (κ1) is 14.5. The summed E-state index contributed by atoms with van der Waals surface area (Å²) < 4.78 is 0. The molecule has 4 heteroatoms. The number of rotatable bonds is 4. The van der Waals surface area contributed by atoms with Gasteiger partial charge in [0.2, 0.25) is 0 Å². The van der Waals surface area contributed by atoms with Crippen molar-refractivity contribution >= 4 is 11.3 Å². The maximum atomic E-state index is 4.41. The Hall–Kier alpha value is -0.450. The van der Waals surface area contributed by atoms with Gasteiger partial charge < -0.3 is 5.32 Å². The third-order valence-corrected chi connectivity index (χ3v) is 5.89. The number of nitrogens with one attached hydrogen (secondary N) is 1. The van der Waals surface area contributed by atoms with Gasteiger partial charge in [-0.1, -0.05) is 13.8 Å². The van der Waals surface area contributed by atoms with Crippen molar-refractivity contribution < 1.29 is 0 Å². The Kier molecular flexibility index (Phi) is 3.91. The van der Waals surface area contributed by atoms with Crippen molar-refractivity contribution in [1.82, 2.24) is 15.2 Å². The van der Waals surface area contributed by atoms with Crippen molar-refractivity contribution in [2.24, 2.45) is 11.8 Å². The molecule has 1 aliphatic heterocycles. The Morgan fingerprint density at radius 2 is 2.25 bits per heavy atom. The third-order valence-electron chi connectivity index (χ3n) is 4.99. The topological polar surface area (TPSA) is 28.2 Å². The first-order valence-corrected chi connectivity index (χ1v) is 8.70. The van der Waals surface area contributed by atoms with E-state index in [1.807, 2.05) is 11.3 Å². The van der Waals surface area contributed by atoms with Gasteiger partial charge in [0, 0.05) is 42.3 Å². The highest BCUT2D eigenvalue weighted by Gasteiger charge is 2.46. The van der Waals surface area contributed by atoms with E-state index in [1.54, 1.807) is 0 Å². The van der Waals surface area contributed by atoms with E-state index in [9.17, 15) is 0 Å². The van der Waals surface area contributed by atoms with E-state index in [-0.39, 0.29) is 0 Å². The van der Waals surface area contributed by atoms with Crippen LogP contribution in [0.3, 0.4) is 0 Å². The molecule has 3 nitrogen and oxygen atoms in total. The molecule has 0 aromatic carbocycles. The number of hydrogen-bond donors (Lipinski definition) is 1. The van der Waals surface area contributed by atoms with Crippen molar-refractivity contribution in [1.29, 1.82) is 0 Å². The fourth-order valence-corrected chi connectivity index (χ4v) is 4.39. The summed E-state index contributed by atoms with van der Waals surface area (Å²) in [5.74, 6) is 1.58. The molecule has 0 spiro atoms. The first-order valence-electron chi connectivity index (χ1n) is 7.88. The van der Waals surface area contributed by atoms with E-state index in [0.717, 1.165) is 19.0 Å². The van der Waals surface area contributed by atoms with Gasteiger partial charge in [-0.15, -0.1) is 11.3 Å². The minimum atomic E-state index is 0.325. The summed E-state index contributed by atoms with van der Waals surface area (Å²) in [5.41, 5.74) is 0.325. The van der Waals surface area contributed by atoms with Crippen LogP contribution < -0.4 is 5.32 Å². The number of hydrogen-bond acceptors (Lipinski definition) is 4. The number of aryl methyl sites for hydroxylation is 1. The summed E-state index contributed by atoms with van der Waals surface area (Å²) >= 11 is 1.85. The van der Waals surface area contributed by atoms with Crippen molar-refractivity contribution in [2.45, 2.75) is 58.7 Å². The molecule has 2 fully saturated rings. The van der Waals surface area contributed by atoms with E-state index in [2.05, 4.69) is 49.1 Å². The van der Waals surface area contributed by atoms with Crippen LogP contribution in [0.15, 0.2) is 6.20 Å². The van der Waals surface area contributed by atoms with Crippen molar-refractivity contribution in [3.05, 3.63) is 16.1 Å². The highest BCUT2D eigenvalue weighted by atomic mass is 32.1. The van der Waals surface area contributed by atoms with Gasteiger partial charge in [-0.05, 0) is 38.5 Å². The van der Waals surface area contributed by atoms with Gasteiger partial charge in [-0.25, -0.2) is 4.98 Å². The molecule has 2 atom stereocenters.